The van der Waals surface area contributed by atoms with Crippen LogP contribution >= 0.6 is 0 Å². The summed E-state index contributed by atoms with van der Waals surface area (Å²) in [5.74, 6) is -0.514. The van der Waals surface area contributed by atoms with Crippen molar-refractivity contribution in [1.82, 2.24) is 0 Å². The van der Waals surface area contributed by atoms with E-state index in [2.05, 4.69) is 0 Å². The number of aryl methyl sites for hydroxylation is 1. The van der Waals surface area contributed by atoms with Gasteiger partial charge in [0, 0.05) is 17.5 Å². The van der Waals surface area contributed by atoms with Crippen LogP contribution < -0.4 is 0 Å². The first-order valence-corrected chi connectivity index (χ1v) is 8.39. The van der Waals surface area contributed by atoms with E-state index in [0.29, 0.717) is 11.1 Å². The van der Waals surface area contributed by atoms with Gasteiger partial charge in [-0.25, -0.2) is 0 Å². The van der Waals surface area contributed by atoms with Crippen LogP contribution in [-0.2, 0) is 0 Å². The molecule has 2 nitrogen and oxygen atoms in total. The zero-order chi connectivity index (χ0) is 17.6. The van der Waals surface area contributed by atoms with Gasteiger partial charge in [-0.3, -0.25) is 9.59 Å². The average Bonchev–Trinajstić information content (AvgIpc) is 2.67. The molecule has 3 aromatic carbocycles. The van der Waals surface area contributed by atoms with Crippen molar-refractivity contribution < 1.29 is 9.59 Å². The Morgan fingerprint density at radius 3 is 1.80 bits per heavy atom. The van der Waals surface area contributed by atoms with Gasteiger partial charge in [0.2, 0.25) is 0 Å². The van der Waals surface area contributed by atoms with E-state index >= 15 is 0 Å². The van der Waals surface area contributed by atoms with Crippen molar-refractivity contribution in [1.29, 1.82) is 0 Å². The lowest BCUT2D eigenvalue weighted by atomic mass is 9.85. The summed E-state index contributed by atoms with van der Waals surface area (Å²) in [5.41, 5.74) is 3.28. The van der Waals surface area contributed by atoms with Gasteiger partial charge in [0.15, 0.2) is 11.6 Å². The van der Waals surface area contributed by atoms with E-state index in [0.717, 1.165) is 11.1 Å². The molecule has 25 heavy (non-hydrogen) atoms. The maximum Gasteiger partial charge on any atom is 0.170 e. The van der Waals surface area contributed by atoms with E-state index in [1.54, 1.807) is 24.3 Å². The molecular weight excluding hydrogens is 308 g/mol. The molecule has 0 spiro atoms. The van der Waals surface area contributed by atoms with Crippen molar-refractivity contribution in [2.45, 2.75) is 19.3 Å². The third-order valence-corrected chi connectivity index (χ3v) is 4.34. The maximum atomic E-state index is 13.0. The number of carbonyl (C=O) groups excluding carboxylic acids is 2. The van der Waals surface area contributed by atoms with E-state index in [4.69, 9.17) is 0 Å². The van der Waals surface area contributed by atoms with Crippen LogP contribution in [0.1, 0.15) is 44.2 Å². The highest BCUT2D eigenvalue weighted by atomic mass is 16.1. The Morgan fingerprint density at radius 1 is 0.720 bits per heavy atom. The van der Waals surface area contributed by atoms with Gasteiger partial charge in [0.05, 0.1) is 5.92 Å². The number of Topliss-reactive ketones (excluding diaryl/α,β-unsaturated/α-hetero) is 2. The quantitative estimate of drug-likeness (QED) is 0.580. The number of ketones is 2. The fraction of sp³-hybridized carbons (Fsp3) is 0.130. The van der Waals surface area contributed by atoms with E-state index < -0.39 is 5.92 Å². The van der Waals surface area contributed by atoms with Crippen molar-refractivity contribution in [3.8, 4) is 0 Å². The van der Waals surface area contributed by atoms with Crippen molar-refractivity contribution in [3.05, 3.63) is 107 Å². The summed E-state index contributed by atoms with van der Waals surface area (Å²) in [5, 5.41) is 0. The molecule has 0 aliphatic carbocycles. The number of hydrogen-bond acceptors (Lipinski definition) is 2. The lowest BCUT2D eigenvalue weighted by Crippen LogP contribution is -2.17. The van der Waals surface area contributed by atoms with E-state index in [9.17, 15) is 9.59 Å². The Balaban J connectivity index is 1.93. The maximum absolute atomic E-state index is 13.0. The highest BCUT2D eigenvalue weighted by molar-refractivity contribution is 6.06. The van der Waals surface area contributed by atoms with Crippen molar-refractivity contribution >= 4 is 11.6 Å². The minimum Gasteiger partial charge on any atom is -0.294 e. The summed E-state index contributed by atoms with van der Waals surface area (Å²) in [7, 11) is 0. The van der Waals surface area contributed by atoms with Gasteiger partial charge in [0.25, 0.3) is 0 Å². The SMILES string of the molecule is Cc1ccc(C(CC(=O)c2ccccc2)C(=O)c2ccccc2)cc1. The third-order valence-electron chi connectivity index (χ3n) is 4.34. The fourth-order valence-corrected chi connectivity index (χ4v) is 2.89. The van der Waals surface area contributed by atoms with Gasteiger partial charge in [-0.1, -0.05) is 90.5 Å². The molecule has 3 aromatic rings. The van der Waals surface area contributed by atoms with Gasteiger partial charge < -0.3 is 0 Å². The van der Waals surface area contributed by atoms with Crippen molar-refractivity contribution in [2.75, 3.05) is 0 Å². The molecule has 3 rings (SSSR count). The molecule has 1 atom stereocenters. The number of carbonyl (C=O) groups is 2. The zero-order valence-electron chi connectivity index (χ0n) is 14.2. The number of rotatable bonds is 6. The van der Waals surface area contributed by atoms with Gasteiger partial charge in [-0.15, -0.1) is 0 Å². The summed E-state index contributed by atoms with van der Waals surface area (Å²) in [6.07, 6.45) is 0.167. The first-order valence-electron chi connectivity index (χ1n) is 8.39. The molecule has 0 radical (unpaired) electrons. The highest BCUT2D eigenvalue weighted by Gasteiger charge is 2.25. The van der Waals surface area contributed by atoms with Crippen LogP contribution in [0.2, 0.25) is 0 Å². The lowest BCUT2D eigenvalue weighted by Gasteiger charge is -2.16. The molecule has 0 aromatic heterocycles. The molecule has 0 saturated heterocycles. The first-order chi connectivity index (χ1) is 12.1. The largest absolute Gasteiger partial charge is 0.294 e. The molecule has 0 saturated carbocycles. The molecule has 2 heteroatoms. The number of benzene rings is 3. The molecule has 0 bridgehead atoms. The Morgan fingerprint density at radius 2 is 1.24 bits per heavy atom. The smallest absolute Gasteiger partial charge is 0.170 e. The Bertz CT molecular complexity index is 850. The van der Waals surface area contributed by atoms with Crippen LogP contribution in [0.4, 0.5) is 0 Å². The lowest BCUT2D eigenvalue weighted by molar-refractivity contribution is 0.0893. The second-order valence-corrected chi connectivity index (χ2v) is 6.19. The topological polar surface area (TPSA) is 34.1 Å². The molecule has 0 amide bonds. The van der Waals surface area contributed by atoms with Crippen LogP contribution in [0.5, 0.6) is 0 Å². The van der Waals surface area contributed by atoms with Crippen LogP contribution in [0.25, 0.3) is 0 Å². The van der Waals surface area contributed by atoms with Gasteiger partial charge in [-0.05, 0) is 12.5 Å². The summed E-state index contributed by atoms with van der Waals surface area (Å²) in [4.78, 5) is 25.7. The van der Waals surface area contributed by atoms with Gasteiger partial charge in [0.1, 0.15) is 0 Å². The predicted octanol–water partition coefficient (Wildman–Crippen LogP) is 5.23. The summed E-state index contributed by atoms with van der Waals surface area (Å²) >= 11 is 0. The van der Waals surface area contributed by atoms with E-state index in [1.807, 2.05) is 67.6 Å². The minimum absolute atomic E-state index is 0.0181. The molecular formula is C23H20O2. The standard InChI is InChI=1S/C23H20O2/c1-17-12-14-18(15-13-17)21(23(25)20-10-6-3-7-11-20)16-22(24)19-8-4-2-5-9-19/h2-15,21H,16H2,1H3. The van der Waals surface area contributed by atoms with Gasteiger partial charge in [-0.2, -0.15) is 0 Å². The Hall–Kier alpha value is -3.00. The summed E-state index contributed by atoms with van der Waals surface area (Å²) in [6, 6.07) is 26.2. The van der Waals surface area contributed by atoms with Crippen LogP contribution in [0, 0.1) is 6.92 Å². The summed E-state index contributed by atoms with van der Waals surface area (Å²) in [6.45, 7) is 2.01. The Kier molecular flexibility index (Phi) is 5.20. The molecule has 0 aliphatic rings. The molecule has 0 aliphatic heterocycles. The molecule has 1 unspecified atom stereocenters. The minimum atomic E-state index is -0.476. The second kappa shape index (κ2) is 7.71. The predicted molar refractivity (Wildman–Crippen MR) is 100 cm³/mol. The summed E-state index contributed by atoms with van der Waals surface area (Å²) < 4.78 is 0. The monoisotopic (exact) mass is 328 g/mol. The molecule has 0 fully saturated rings. The Labute approximate surface area is 148 Å². The average molecular weight is 328 g/mol. The molecule has 0 N–H and O–H groups in total. The van der Waals surface area contributed by atoms with E-state index in [-0.39, 0.29) is 18.0 Å². The normalized spacial score (nSPS) is 11.7. The fourth-order valence-electron chi connectivity index (χ4n) is 2.89. The molecule has 124 valence electrons. The zero-order valence-corrected chi connectivity index (χ0v) is 14.2. The first kappa shape index (κ1) is 16.8. The van der Waals surface area contributed by atoms with Crippen molar-refractivity contribution in [3.63, 3.8) is 0 Å². The third kappa shape index (κ3) is 4.10. The van der Waals surface area contributed by atoms with Crippen LogP contribution in [0.15, 0.2) is 84.9 Å². The second-order valence-electron chi connectivity index (χ2n) is 6.19. The van der Waals surface area contributed by atoms with Crippen LogP contribution in [-0.4, -0.2) is 11.6 Å². The van der Waals surface area contributed by atoms with E-state index in [1.165, 1.54) is 0 Å². The highest BCUT2D eigenvalue weighted by Crippen LogP contribution is 2.26. The van der Waals surface area contributed by atoms with Crippen LogP contribution in [0.3, 0.4) is 0 Å². The van der Waals surface area contributed by atoms with Crippen molar-refractivity contribution in [2.24, 2.45) is 0 Å². The number of hydrogen-bond donors (Lipinski definition) is 0. The van der Waals surface area contributed by atoms with Gasteiger partial charge >= 0.3 is 0 Å². The molecule has 0 heterocycles.